The first kappa shape index (κ1) is 24.8. The second-order valence-electron chi connectivity index (χ2n) is 12.2. The third kappa shape index (κ3) is 3.98. The minimum Gasteiger partial charge on any atom is -0.392 e. The van der Waals surface area contributed by atoms with Crippen molar-refractivity contribution in [3.63, 3.8) is 0 Å². The van der Waals surface area contributed by atoms with E-state index in [4.69, 9.17) is 0 Å². The number of aliphatic hydroxyl groups is 1. The van der Waals surface area contributed by atoms with Crippen LogP contribution >= 0.6 is 0 Å². The summed E-state index contributed by atoms with van der Waals surface area (Å²) >= 11 is 0. The second kappa shape index (κ2) is 9.45. The summed E-state index contributed by atoms with van der Waals surface area (Å²) in [5, 5.41) is 12.5. The predicted molar refractivity (Wildman–Crippen MR) is 157 cm³/mol. The van der Waals surface area contributed by atoms with Gasteiger partial charge in [0, 0.05) is 36.0 Å². The maximum atomic E-state index is 12.5. The smallest absolute Gasteiger partial charge is 0.0669 e. The van der Waals surface area contributed by atoms with Crippen LogP contribution in [0.2, 0.25) is 0 Å². The van der Waals surface area contributed by atoms with E-state index in [1.807, 2.05) is 0 Å². The molecule has 0 amide bonds. The van der Waals surface area contributed by atoms with Crippen molar-refractivity contribution < 1.29 is 5.11 Å². The van der Waals surface area contributed by atoms with E-state index in [2.05, 4.69) is 135 Å². The lowest BCUT2D eigenvalue weighted by Crippen LogP contribution is -2.71. The van der Waals surface area contributed by atoms with E-state index in [0.717, 1.165) is 6.67 Å². The Morgan fingerprint density at radius 2 is 0.667 bits per heavy atom. The van der Waals surface area contributed by atoms with Crippen molar-refractivity contribution in [2.24, 2.45) is 11.8 Å². The van der Waals surface area contributed by atoms with Crippen LogP contribution in [0.3, 0.4) is 0 Å². The predicted octanol–water partition coefficient (Wildman–Crippen LogP) is 7.38. The number of piperidine rings is 2. The zero-order valence-corrected chi connectivity index (χ0v) is 23.3. The van der Waals surface area contributed by atoms with Crippen molar-refractivity contribution in [2.45, 2.75) is 58.0 Å². The average molecular weight is 515 g/mol. The lowest BCUT2D eigenvalue weighted by molar-refractivity contribution is -0.260. The van der Waals surface area contributed by atoms with Gasteiger partial charge in [-0.2, -0.15) is 0 Å². The summed E-state index contributed by atoms with van der Waals surface area (Å²) in [7, 11) is 0. The molecular weight excluding hydrogens is 476 g/mol. The van der Waals surface area contributed by atoms with Crippen molar-refractivity contribution in [2.75, 3.05) is 6.67 Å². The fourth-order valence-electron chi connectivity index (χ4n) is 7.83. The molecule has 4 atom stereocenters. The Hall–Kier alpha value is -3.24. The Kier molecular flexibility index (Phi) is 6.00. The molecule has 0 saturated carbocycles. The summed E-state index contributed by atoms with van der Waals surface area (Å²) in [4.78, 5) is 5.40. The van der Waals surface area contributed by atoms with Gasteiger partial charge in [0.2, 0.25) is 0 Å². The molecule has 4 unspecified atom stereocenters. The molecule has 0 radical (unpaired) electrons. The largest absolute Gasteiger partial charge is 0.392 e. The van der Waals surface area contributed by atoms with Gasteiger partial charge in [-0.05, 0) is 49.9 Å². The third-order valence-electron chi connectivity index (χ3n) is 9.68. The van der Waals surface area contributed by atoms with Gasteiger partial charge in [-0.25, -0.2) is 0 Å². The lowest BCUT2D eigenvalue weighted by atomic mass is 9.59. The maximum Gasteiger partial charge on any atom is 0.0669 e. The number of aryl methyl sites for hydroxylation is 4. The van der Waals surface area contributed by atoms with Crippen LogP contribution in [0.25, 0.3) is 0 Å². The SMILES string of the molecule is Cc1ccc(C2C3C(O)C4C(c5ccc(C)cc5)N2CN(C3c2ccc(C)cc2)C4c2ccc(C)cc2)cc1. The van der Waals surface area contributed by atoms with Gasteiger partial charge in [0.1, 0.15) is 0 Å². The molecule has 39 heavy (non-hydrogen) atoms. The van der Waals surface area contributed by atoms with E-state index < -0.39 is 6.10 Å². The third-order valence-corrected chi connectivity index (χ3v) is 9.68. The molecule has 4 bridgehead atoms. The van der Waals surface area contributed by atoms with E-state index in [0.29, 0.717) is 0 Å². The first-order valence-corrected chi connectivity index (χ1v) is 14.4. The van der Waals surface area contributed by atoms with E-state index >= 15 is 0 Å². The number of hydrogen-bond donors (Lipinski definition) is 1. The molecule has 1 N–H and O–H groups in total. The monoisotopic (exact) mass is 514 g/mol. The maximum absolute atomic E-state index is 12.5. The number of aliphatic hydroxyl groups excluding tert-OH is 1. The topological polar surface area (TPSA) is 26.7 Å². The van der Waals surface area contributed by atoms with Gasteiger partial charge in [0.15, 0.2) is 0 Å². The number of hydrogen-bond acceptors (Lipinski definition) is 3. The molecule has 4 heterocycles. The summed E-state index contributed by atoms with van der Waals surface area (Å²) in [6.07, 6.45) is -0.437. The molecule has 0 aromatic heterocycles. The van der Waals surface area contributed by atoms with Gasteiger partial charge >= 0.3 is 0 Å². The summed E-state index contributed by atoms with van der Waals surface area (Å²) < 4.78 is 0. The highest BCUT2D eigenvalue weighted by Crippen LogP contribution is 2.65. The summed E-state index contributed by atoms with van der Waals surface area (Å²) in [6.45, 7) is 9.47. The van der Waals surface area contributed by atoms with Gasteiger partial charge < -0.3 is 5.11 Å². The Morgan fingerprint density at radius 3 is 0.897 bits per heavy atom. The summed E-state index contributed by atoms with van der Waals surface area (Å²) in [5.41, 5.74) is 10.3. The number of benzene rings is 4. The molecule has 0 aliphatic carbocycles. The first-order valence-electron chi connectivity index (χ1n) is 14.4. The van der Waals surface area contributed by atoms with Crippen LogP contribution in [0, 0.1) is 39.5 Å². The summed E-state index contributed by atoms with van der Waals surface area (Å²) in [5.74, 6) is 0.162. The van der Waals surface area contributed by atoms with Crippen molar-refractivity contribution >= 4 is 0 Å². The Bertz CT molecular complexity index is 1240. The van der Waals surface area contributed by atoms with E-state index in [1.54, 1.807) is 0 Å². The zero-order valence-electron chi connectivity index (χ0n) is 23.3. The molecule has 3 nitrogen and oxygen atoms in total. The molecule has 4 aliphatic rings. The van der Waals surface area contributed by atoms with E-state index in [1.165, 1.54) is 44.5 Å². The van der Waals surface area contributed by atoms with E-state index in [-0.39, 0.29) is 36.0 Å². The van der Waals surface area contributed by atoms with Crippen molar-refractivity contribution in [3.8, 4) is 0 Å². The zero-order chi connectivity index (χ0) is 26.8. The Morgan fingerprint density at radius 1 is 0.436 bits per heavy atom. The quantitative estimate of drug-likeness (QED) is 0.308. The van der Waals surface area contributed by atoms with Crippen molar-refractivity contribution in [1.82, 2.24) is 9.80 Å². The van der Waals surface area contributed by atoms with Crippen LogP contribution in [0.1, 0.15) is 68.7 Å². The van der Waals surface area contributed by atoms with Crippen LogP contribution in [0.4, 0.5) is 0 Å². The standard InChI is InChI=1S/C36H38N2O/c1-22-5-13-26(14-6-22)32-30-33(27-15-7-23(2)8-16-27)38-21-37(32)34(28-17-9-24(3)10-18-28)31(36(30)39)35(38)29-19-11-25(4)12-20-29/h5-20,30-36,39H,21H2,1-4H3. The van der Waals surface area contributed by atoms with Gasteiger partial charge in [0.05, 0.1) is 12.8 Å². The molecule has 4 aromatic carbocycles. The molecule has 4 aromatic rings. The van der Waals surface area contributed by atoms with Gasteiger partial charge in [-0.3, -0.25) is 9.80 Å². The average Bonchev–Trinajstić information content (AvgIpc) is 2.94. The minimum atomic E-state index is -0.437. The van der Waals surface area contributed by atoms with Gasteiger partial charge in [-0.15, -0.1) is 0 Å². The molecule has 3 heteroatoms. The lowest BCUT2D eigenvalue weighted by Gasteiger charge is -2.69. The first-order chi connectivity index (χ1) is 18.9. The fourth-order valence-corrected chi connectivity index (χ4v) is 7.83. The molecule has 4 aliphatic heterocycles. The van der Waals surface area contributed by atoms with Crippen molar-refractivity contribution in [1.29, 1.82) is 0 Å². The molecule has 8 rings (SSSR count). The highest BCUT2D eigenvalue weighted by molar-refractivity contribution is 5.39. The molecular formula is C36H38N2O. The minimum absolute atomic E-state index is 0.0811. The van der Waals surface area contributed by atoms with Crippen LogP contribution in [-0.4, -0.2) is 27.7 Å². The second-order valence-corrected chi connectivity index (χ2v) is 12.2. The van der Waals surface area contributed by atoms with Gasteiger partial charge in [-0.1, -0.05) is 119 Å². The molecule has 4 fully saturated rings. The fraction of sp³-hybridized carbons (Fsp3) is 0.333. The molecule has 198 valence electrons. The summed E-state index contributed by atoms with van der Waals surface area (Å²) in [6, 6.07) is 36.7. The molecule has 4 saturated heterocycles. The van der Waals surface area contributed by atoms with Crippen LogP contribution < -0.4 is 0 Å². The highest BCUT2D eigenvalue weighted by Gasteiger charge is 2.64. The van der Waals surface area contributed by atoms with Gasteiger partial charge in [0.25, 0.3) is 0 Å². The highest BCUT2D eigenvalue weighted by atomic mass is 16.3. The Labute approximate surface area is 232 Å². The number of rotatable bonds is 4. The molecule has 0 spiro atoms. The van der Waals surface area contributed by atoms with Crippen molar-refractivity contribution in [3.05, 3.63) is 142 Å². The van der Waals surface area contributed by atoms with Crippen LogP contribution in [0.5, 0.6) is 0 Å². The van der Waals surface area contributed by atoms with Crippen LogP contribution in [-0.2, 0) is 0 Å². The van der Waals surface area contributed by atoms with E-state index in [9.17, 15) is 5.11 Å². The normalized spacial score (nSPS) is 32.9. The van der Waals surface area contributed by atoms with Crippen LogP contribution in [0.15, 0.2) is 97.1 Å². The number of nitrogens with zero attached hydrogens (tertiary/aromatic N) is 2. The Balaban J connectivity index is 1.43.